The molecule has 1 aromatic carbocycles. The van der Waals surface area contributed by atoms with Gasteiger partial charge in [-0.1, -0.05) is 12.1 Å². The number of nitrogens with one attached hydrogen (secondary N) is 1. The number of aliphatic hydroxyl groups is 1. The van der Waals surface area contributed by atoms with Gasteiger partial charge < -0.3 is 20.1 Å². The zero-order valence-electron chi connectivity index (χ0n) is 14.6. The molecule has 25 heavy (non-hydrogen) atoms. The van der Waals surface area contributed by atoms with Gasteiger partial charge in [-0.05, 0) is 43.4 Å². The van der Waals surface area contributed by atoms with Crippen LogP contribution in [0.5, 0.6) is 5.75 Å². The highest BCUT2D eigenvalue weighted by Gasteiger charge is 2.35. The predicted molar refractivity (Wildman–Crippen MR) is 92.9 cm³/mol. The number of hydrogen-bond acceptors (Lipinski definition) is 4. The summed E-state index contributed by atoms with van der Waals surface area (Å²) in [5, 5.41) is 12.6. The van der Waals surface area contributed by atoms with E-state index < -0.39 is 0 Å². The molecular formula is C19H26N2O4. The van der Waals surface area contributed by atoms with E-state index in [0.717, 1.165) is 37.0 Å². The van der Waals surface area contributed by atoms with Gasteiger partial charge in [0.2, 0.25) is 11.8 Å². The lowest BCUT2D eigenvalue weighted by molar-refractivity contribution is -0.129. The maximum absolute atomic E-state index is 12.5. The molecule has 1 aromatic rings. The van der Waals surface area contributed by atoms with Gasteiger partial charge in [0.05, 0.1) is 19.1 Å². The molecule has 1 saturated heterocycles. The molecule has 2 aliphatic rings. The largest absolute Gasteiger partial charge is 0.497 e. The summed E-state index contributed by atoms with van der Waals surface area (Å²) in [6, 6.07) is 7.75. The Morgan fingerprint density at radius 3 is 2.56 bits per heavy atom. The first-order valence-corrected chi connectivity index (χ1v) is 8.94. The van der Waals surface area contributed by atoms with E-state index >= 15 is 0 Å². The minimum absolute atomic E-state index is 0.0232. The quantitative estimate of drug-likeness (QED) is 0.846. The molecule has 3 rings (SSSR count). The second kappa shape index (κ2) is 7.87. The fourth-order valence-corrected chi connectivity index (χ4v) is 3.59. The van der Waals surface area contributed by atoms with Crippen molar-refractivity contribution in [2.24, 2.45) is 5.92 Å². The molecule has 0 spiro atoms. The van der Waals surface area contributed by atoms with E-state index in [1.54, 1.807) is 12.0 Å². The zero-order chi connectivity index (χ0) is 17.8. The maximum atomic E-state index is 12.5. The van der Waals surface area contributed by atoms with E-state index in [2.05, 4.69) is 5.32 Å². The van der Waals surface area contributed by atoms with Crippen LogP contribution in [-0.2, 0) is 16.1 Å². The summed E-state index contributed by atoms with van der Waals surface area (Å²) in [7, 11) is 1.62. The number of rotatable bonds is 5. The summed E-state index contributed by atoms with van der Waals surface area (Å²) < 4.78 is 5.14. The van der Waals surface area contributed by atoms with E-state index in [0.29, 0.717) is 13.1 Å². The summed E-state index contributed by atoms with van der Waals surface area (Å²) in [4.78, 5) is 26.4. The first-order chi connectivity index (χ1) is 12.0. The molecule has 0 unspecified atom stereocenters. The molecule has 6 heteroatoms. The van der Waals surface area contributed by atoms with Gasteiger partial charge in [0.15, 0.2) is 0 Å². The van der Waals surface area contributed by atoms with Crippen LogP contribution in [0, 0.1) is 5.92 Å². The number of carbonyl (C=O) groups is 2. The number of amides is 2. The fourth-order valence-electron chi connectivity index (χ4n) is 3.59. The molecule has 0 bridgehead atoms. The molecule has 1 aliphatic carbocycles. The Morgan fingerprint density at radius 1 is 1.24 bits per heavy atom. The van der Waals surface area contributed by atoms with Crippen LogP contribution >= 0.6 is 0 Å². The molecule has 2 amide bonds. The third-order valence-electron chi connectivity index (χ3n) is 5.16. The Morgan fingerprint density at radius 2 is 1.92 bits per heavy atom. The number of ether oxygens (including phenoxy) is 1. The third kappa shape index (κ3) is 4.51. The molecule has 1 saturated carbocycles. The smallest absolute Gasteiger partial charge is 0.225 e. The third-order valence-corrected chi connectivity index (χ3v) is 5.16. The van der Waals surface area contributed by atoms with Gasteiger partial charge in [-0.2, -0.15) is 0 Å². The predicted octanol–water partition coefficient (Wildman–Crippen LogP) is 1.46. The molecule has 2 fully saturated rings. The second-order valence-electron chi connectivity index (χ2n) is 7.04. The Balaban J connectivity index is 1.51. The SMILES string of the molecule is COc1ccc(CN2C[C@H](C(=O)NC3CCC(O)CC3)CC2=O)cc1. The van der Waals surface area contributed by atoms with E-state index in [4.69, 9.17) is 4.74 Å². The molecular weight excluding hydrogens is 320 g/mol. The lowest BCUT2D eigenvalue weighted by atomic mass is 9.92. The summed E-state index contributed by atoms with van der Waals surface area (Å²) >= 11 is 0. The average molecular weight is 346 g/mol. The highest BCUT2D eigenvalue weighted by Crippen LogP contribution is 2.23. The van der Waals surface area contributed by atoms with E-state index in [9.17, 15) is 14.7 Å². The zero-order valence-corrected chi connectivity index (χ0v) is 14.6. The summed E-state index contributed by atoms with van der Waals surface area (Å²) in [6.07, 6.45) is 3.13. The van der Waals surface area contributed by atoms with Crippen molar-refractivity contribution >= 4 is 11.8 Å². The van der Waals surface area contributed by atoms with E-state index in [1.807, 2.05) is 24.3 Å². The normalized spacial score (nSPS) is 26.6. The number of carbonyl (C=O) groups excluding carboxylic acids is 2. The van der Waals surface area contributed by atoms with Crippen LogP contribution in [0.2, 0.25) is 0 Å². The molecule has 0 radical (unpaired) electrons. The van der Waals surface area contributed by atoms with Crippen molar-refractivity contribution in [3.8, 4) is 5.75 Å². The minimum atomic E-state index is -0.280. The van der Waals surface area contributed by atoms with Crippen LogP contribution in [0.4, 0.5) is 0 Å². The van der Waals surface area contributed by atoms with Crippen molar-refractivity contribution < 1.29 is 19.4 Å². The van der Waals surface area contributed by atoms with Gasteiger partial charge in [-0.3, -0.25) is 9.59 Å². The van der Waals surface area contributed by atoms with Gasteiger partial charge in [0.25, 0.3) is 0 Å². The van der Waals surface area contributed by atoms with Gasteiger partial charge in [0.1, 0.15) is 5.75 Å². The highest BCUT2D eigenvalue weighted by atomic mass is 16.5. The van der Waals surface area contributed by atoms with Crippen molar-refractivity contribution in [1.82, 2.24) is 10.2 Å². The number of hydrogen-bond donors (Lipinski definition) is 2. The number of aliphatic hydroxyl groups excluding tert-OH is 1. The summed E-state index contributed by atoms with van der Waals surface area (Å²) in [5.74, 6) is 0.492. The Hall–Kier alpha value is -2.08. The summed E-state index contributed by atoms with van der Waals surface area (Å²) in [5.41, 5.74) is 1.02. The van der Waals surface area contributed by atoms with Gasteiger partial charge in [-0.25, -0.2) is 0 Å². The Kier molecular flexibility index (Phi) is 5.58. The minimum Gasteiger partial charge on any atom is -0.497 e. The molecule has 136 valence electrons. The number of benzene rings is 1. The van der Waals surface area contributed by atoms with Crippen LogP contribution < -0.4 is 10.1 Å². The highest BCUT2D eigenvalue weighted by molar-refractivity contribution is 5.89. The monoisotopic (exact) mass is 346 g/mol. The Bertz CT molecular complexity index is 608. The van der Waals surface area contributed by atoms with Crippen molar-refractivity contribution in [2.45, 2.75) is 50.8 Å². The van der Waals surface area contributed by atoms with Gasteiger partial charge >= 0.3 is 0 Å². The van der Waals surface area contributed by atoms with Crippen LogP contribution in [0.15, 0.2) is 24.3 Å². The standard InChI is InChI=1S/C19H26N2O4/c1-25-17-8-2-13(3-9-17)11-21-12-14(10-18(21)23)19(24)20-15-4-6-16(22)7-5-15/h2-3,8-9,14-16,22H,4-7,10-12H2,1H3,(H,20,24)/t14-,15?,16?/m1/s1. The van der Waals surface area contributed by atoms with Crippen molar-refractivity contribution in [2.75, 3.05) is 13.7 Å². The number of likely N-dealkylation sites (tertiary alicyclic amines) is 1. The number of methoxy groups -OCH3 is 1. The second-order valence-corrected chi connectivity index (χ2v) is 7.04. The molecule has 1 aliphatic heterocycles. The van der Waals surface area contributed by atoms with Crippen molar-refractivity contribution in [1.29, 1.82) is 0 Å². The van der Waals surface area contributed by atoms with Crippen molar-refractivity contribution in [3.63, 3.8) is 0 Å². The lowest BCUT2D eigenvalue weighted by Gasteiger charge is -2.27. The van der Waals surface area contributed by atoms with Crippen LogP contribution in [0.25, 0.3) is 0 Å². The topological polar surface area (TPSA) is 78.9 Å². The molecule has 6 nitrogen and oxygen atoms in total. The van der Waals surface area contributed by atoms with Crippen LogP contribution in [0.3, 0.4) is 0 Å². The first kappa shape index (κ1) is 17.7. The van der Waals surface area contributed by atoms with E-state index in [1.165, 1.54) is 0 Å². The molecule has 1 atom stereocenters. The Labute approximate surface area is 148 Å². The van der Waals surface area contributed by atoms with Gasteiger partial charge in [-0.15, -0.1) is 0 Å². The average Bonchev–Trinajstić information content (AvgIpc) is 2.98. The first-order valence-electron chi connectivity index (χ1n) is 8.94. The molecule has 2 N–H and O–H groups in total. The van der Waals surface area contributed by atoms with Gasteiger partial charge in [0, 0.05) is 25.6 Å². The maximum Gasteiger partial charge on any atom is 0.225 e. The van der Waals surface area contributed by atoms with Crippen molar-refractivity contribution in [3.05, 3.63) is 29.8 Å². The number of nitrogens with zero attached hydrogens (tertiary/aromatic N) is 1. The fraction of sp³-hybridized carbons (Fsp3) is 0.579. The van der Waals surface area contributed by atoms with E-state index in [-0.39, 0.29) is 36.3 Å². The lowest BCUT2D eigenvalue weighted by Crippen LogP contribution is -2.42. The van der Waals surface area contributed by atoms with Crippen LogP contribution in [0.1, 0.15) is 37.7 Å². The summed E-state index contributed by atoms with van der Waals surface area (Å²) in [6.45, 7) is 0.980. The van der Waals surface area contributed by atoms with Crippen LogP contribution in [-0.4, -0.2) is 47.6 Å². The molecule has 1 heterocycles. The molecule has 0 aromatic heterocycles.